The van der Waals surface area contributed by atoms with E-state index in [2.05, 4.69) is 187 Å². The molecule has 1 aliphatic rings. The van der Waals surface area contributed by atoms with Crippen molar-refractivity contribution in [1.82, 2.24) is 9.13 Å². The highest BCUT2D eigenvalue weighted by molar-refractivity contribution is 6.17. The lowest BCUT2D eigenvalue weighted by Crippen LogP contribution is -2.21. The maximum atomic E-state index is 5.61. The molecule has 1 unspecified atom stereocenters. The molecule has 5 heteroatoms. The average molecular weight is 686 g/mol. The van der Waals surface area contributed by atoms with E-state index in [9.17, 15) is 0 Å². The Morgan fingerprint density at radius 3 is 1.55 bits per heavy atom. The summed E-state index contributed by atoms with van der Waals surface area (Å²) < 4.78 is 4.53. The Bertz CT molecular complexity index is 2690. The van der Waals surface area contributed by atoms with E-state index in [1.807, 2.05) is 6.07 Å². The molecule has 53 heavy (non-hydrogen) atoms. The monoisotopic (exact) mass is 685 g/mol. The van der Waals surface area contributed by atoms with Crippen LogP contribution in [0.3, 0.4) is 0 Å². The molecule has 0 saturated carbocycles. The quantitative estimate of drug-likeness (QED) is 0.124. The summed E-state index contributed by atoms with van der Waals surface area (Å²) in [6, 6.07) is 55.3. The number of nitrogens with zero attached hydrogens (tertiary/aromatic N) is 5. The van der Waals surface area contributed by atoms with Crippen LogP contribution in [0.15, 0.2) is 185 Å². The number of para-hydroxylation sites is 4. The molecule has 0 spiro atoms. The summed E-state index contributed by atoms with van der Waals surface area (Å²) in [5, 5.41) is 4.74. The van der Waals surface area contributed by atoms with Gasteiger partial charge in [-0.15, -0.1) is 0 Å². The maximum absolute atomic E-state index is 5.61. The zero-order valence-electron chi connectivity index (χ0n) is 29.9. The van der Waals surface area contributed by atoms with Crippen molar-refractivity contribution in [1.29, 1.82) is 0 Å². The van der Waals surface area contributed by atoms with Crippen molar-refractivity contribution in [3.05, 3.63) is 181 Å². The second-order valence-electron chi connectivity index (χ2n) is 13.5. The lowest BCUT2D eigenvalue weighted by molar-refractivity contribution is 0.891. The van der Waals surface area contributed by atoms with Gasteiger partial charge < -0.3 is 0 Å². The Morgan fingerprint density at radius 2 is 1.04 bits per heavy atom. The Kier molecular flexibility index (Phi) is 8.45. The molecule has 9 rings (SSSR count). The number of aromatic nitrogens is 2. The van der Waals surface area contributed by atoms with Gasteiger partial charge in [-0.05, 0) is 60.9 Å². The molecule has 2 aromatic heterocycles. The van der Waals surface area contributed by atoms with Crippen LogP contribution < -0.4 is 0 Å². The van der Waals surface area contributed by atoms with Crippen LogP contribution in [0.2, 0.25) is 0 Å². The summed E-state index contributed by atoms with van der Waals surface area (Å²) in [7, 11) is 0. The molecule has 8 aromatic rings. The van der Waals surface area contributed by atoms with Crippen LogP contribution in [0.4, 0.5) is 0 Å². The summed E-state index contributed by atoms with van der Waals surface area (Å²) in [4.78, 5) is 16.4. The van der Waals surface area contributed by atoms with Gasteiger partial charge in [-0.2, -0.15) is 4.99 Å². The molecule has 0 amide bonds. The predicted octanol–water partition coefficient (Wildman–Crippen LogP) is 12.0. The van der Waals surface area contributed by atoms with E-state index < -0.39 is 0 Å². The van der Waals surface area contributed by atoms with Gasteiger partial charge in [0.2, 0.25) is 5.96 Å². The highest BCUT2D eigenvalue weighted by atomic mass is 15.2. The zero-order chi connectivity index (χ0) is 35.7. The van der Waals surface area contributed by atoms with Gasteiger partial charge in [-0.25, -0.2) is 4.99 Å². The SMILES string of the molecule is CC/C=C(/N=C(\N=C(/C)C1C=C(c2ccccc2)N=C(c2ccccc2)C1)n1c2ccccc2c2ccccc21)n1c2ccccc2c2ccccc21. The Labute approximate surface area is 309 Å². The van der Waals surface area contributed by atoms with Gasteiger partial charge in [-0.3, -0.25) is 14.1 Å². The van der Waals surface area contributed by atoms with Crippen LogP contribution in [-0.4, -0.2) is 26.5 Å². The van der Waals surface area contributed by atoms with Crippen molar-refractivity contribution in [3.63, 3.8) is 0 Å². The molecule has 0 bridgehead atoms. The fraction of sp³-hybridized carbons (Fsp3) is 0.104. The highest BCUT2D eigenvalue weighted by Gasteiger charge is 2.24. The molecule has 0 saturated heterocycles. The molecule has 0 fully saturated rings. The van der Waals surface area contributed by atoms with E-state index in [0.717, 1.165) is 69.0 Å². The third-order valence-electron chi connectivity index (χ3n) is 10.2. The van der Waals surface area contributed by atoms with Gasteiger partial charge in [0.05, 0.1) is 27.8 Å². The van der Waals surface area contributed by atoms with Crippen LogP contribution >= 0.6 is 0 Å². The van der Waals surface area contributed by atoms with E-state index in [1.165, 1.54) is 21.5 Å². The molecule has 1 atom stereocenters. The lowest BCUT2D eigenvalue weighted by atomic mass is 9.89. The largest absolute Gasteiger partial charge is 0.294 e. The van der Waals surface area contributed by atoms with Crippen LogP contribution in [0, 0.1) is 5.92 Å². The smallest absolute Gasteiger partial charge is 0.236 e. The maximum Gasteiger partial charge on any atom is 0.236 e. The second kappa shape index (κ2) is 13.9. The number of fused-ring (bicyclic) bond motifs is 6. The number of allylic oxidation sites excluding steroid dienone is 2. The van der Waals surface area contributed by atoms with Crippen LogP contribution in [0.5, 0.6) is 0 Å². The predicted molar refractivity (Wildman–Crippen MR) is 225 cm³/mol. The number of hydrogen-bond acceptors (Lipinski definition) is 2. The third kappa shape index (κ3) is 5.90. The number of rotatable bonds is 6. The van der Waals surface area contributed by atoms with E-state index in [-0.39, 0.29) is 5.92 Å². The summed E-state index contributed by atoms with van der Waals surface area (Å²) >= 11 is 0. The van der Waals surface area contributed by atoms with Crippen molar-refractivity contribution in [2.45, 2.75) is 26.7 Å². The Hall–Kier alpha value is -6.59. The van der Waals surface area contributed by atoms with Crippen molar-refractivity contribution in [2.24, 2.45) is 20.9 Å². The number of benzene rings is 6. The average Bonchev–Trinajstić information content (AvgIpc) is 3.74. The normalized spacial score (nSPS) is 15.7. The van der Waals surface area contributed by atoms with Crippen LogP contribution in [-0.2, 0) is 0 Å². The van der Waals surface area contributed by atoms with Crippen molar-refractivity contribution in [2.75, 3.05) is 0 Å². The summed E-state index contributed by atoms with van der Waals surface area (Å²) in [5.41, 5.74) is 9.57. The topological polar surface area (TPSA) is 46.9 Å². The minimum atomic E-state index is 0.00282. The molecule has 256 valence electrons. The summed E-state index contributed by atoms with van der Waals surface area (Å²) in [6.07, 6.45) is 6.04. The van der Waals surface area contributed by atoms with E-state index in [1.54, 1.807) is 0 Å². The van der Waals surface area contributed by atoms with Crippen LogP contribution in [0.1, 0.15) is 37.8 Å². The Balaban J connectivity index is 1.28. The second-order valence-corrected chi connectivity index (χ2v) is 13.5. The lowest BCUT2D eigenvalue weighted by Gasteiger charge is -2.22. The molecule has 0 aliphatic carbocycles. The van der Waals surface area contributed by atoms with Gasteiger partial charge >= 0.3 is 0 Å². The van der Waals surface area contributed by atoms with Crippen molar-refractivity contribution >= 4 is 72.5 Å². The minimum Gasteiger partial charge on any atom is -0.294 e. The molecule has 0 radical (unpaired) electrons. The van der Waals surface area contributed by atoms with Gasteiger partial charge in [0.25, 0.3) is 0 Å². The Morgan fingerprint density at radius 1 is 0.585 bits per heavy atom. The van der Waals surface area contributed by atoms with Gasteiger partial charge in [0, 0.05) is 45.3 Å². The first-order chi connectivity index (χ1) is 26.2. The molecular weight excluding hydrogens is 647 g/mol. The molecule has 0 N–H and O–H groups in total. The molecule has 5 nitrogen and oxygen atoms in total. The van der Waals surface area contributed by atoms with Gasteiger partial charge in [-0.1, -0.05) is 140 Å². The first-order valence-corrected chi connectivity index (χ1v) is 18.4. The summed E-state index contributed by atoms with van der Waals surface area (Å²) in [5.74, 6) is 1.47. The van der Waals surface area contributed by atoms with Gasteiger partial charge in [0.15, 0.2) is 0 Å². The van der Waals surface area contributed by atoms with Gasteiger partial charge in [0.1, 0.15) is 5.82 Å². The fourth-order valence-electron chi connectivity index (χ4n) is 7.68. The van der Waals surface area contributed by atoms with Crippen molar-refractivity contribution < 1.29 is 0 Å². The third-order valence-corrected chi connectivity index (χ3v) is 10.2. The summed E-state index contributed by atoms with van der Waals surface area (Å²) in [6.45, 7) is 4.31. The van der Waals surface area contributed by atoms with Crippen molar-refractivity contribution in [3.8, 4) is 0 Å². The minimum absolute atomic E-state index is 0.00282. The molecule has 1 aliphatic heterocycles. The molecule has 3 heterocycles. The number of hydrogen-bond donors (Lipinski definition) is 0. The van der Waals surface area contributed by atoms with E-state index >= 15 is 0 Å². The number of aliphatic imine (C=N–C) groups is 3. The van der Waals surface area contributed by atoms with Crippen LogP contribution in [0.25, 0.3) is 55.1 Å². The molecular formula is C48H39N5. The first-order valence-electron chi connectivity index (χ1n) is 18.4. The van der Waals surface area contributed by atoms with E-state index in [4.69, 9.17) is 15.0 Å². The standard InChI is InChI=1S/C48H39N5/c1-3-18-47(52-43-27-14-10-23-37(43)38-24-11-15-28-44(38)52)51-48(53-45-29-16-12-25-39(45)40-26-13-17-30-46(40)53)49-33(2)36-31-41(34-19-6-4-7-20-34)50-42(32-36)35-21-8-5-9-22-35/h4-31,36H,3,32H2,1-2H3/b47-18-,49-33+,51-48+. The first kappa shape index (κ1) is 32.3. The molecule has 6 aromatic carbocycles. The highest BCUT2D eigenvalue weighted by Crippen LogP contribution is 2.35. The fourth-order valence-corrected chi connectivity index (χ4v) is 7.68. The zero-order valence-corrected chi connectivity index (χ0v) is 29.9. The van der Waals surface area contributed by atoms with E-state index in [0.29, 0.717) is 5.96 Å².